The Morgan fingerprint density at radius 1 is 1.40 bits per heavy atom. The van der Waals surface area contributed by atoms with Crippen LogP contribution in [0.15, 0.2) is 27.6 Å². The van der Waals surface area contributed by atoms with E-state index in [9.17, 15) is 8.42 Å². The number of hydrogen-bond acceptors (Lipinski definition) is 4. The maximum Gasteiger partial charge on any atom is 0.241 e. The van der Waals surface area contributed by atoms with Crippen LogP contribution in [0, 0.1) is 0 Å². The molecule has 1 aromatic rings. The summed E-state index contributed by atoms with van der Waals surface area (Å²) in [7, 11) is 0.00820. The van der Waals surface area contributed by atoms with Crippen LogP contribution in [0.1, 0.15) is 18.4 Å². The second-order valence-electron chi connectivity index (χ2n) is 4.94. The van der Waals surface area contributed by atoms with Crippen LogP contribution in [0.5, 0.6) is 0 Å². The summed E-state index contributed by atoms with van der Waals surface area (Å²) in [4.78, 5) is 0.276. The number of methoxy groups -OCH3 is 1. The zero-order valence-electron chi connectivity index (χ0n) is 11.5. The minimum absolute atomic E-state index is 0.0335. The molecule has 112 valence electrons. The van der Waals surface area contributed by atoms with E-state index in [-0.39, 0.29) is 17.0 Å². The highest BCUT2D eigenvalue weighted by Crippen LogP contribution is 2.27. The SMILES string of the molecule is CNCc1ccc(S(=O)(=O)NC2CC(OC)C2)c(Br)c1. The van der Waals surface area contributed by atoms with Gasteiger partial charge in [0.25, 0.3) is 0 Å². The molecule has 7 heteroatoms. The average molecular weight is 363 g/mol. The molecule has 0 aromatic heterocycles. The summed E-state index contributed by atoms with van der Waals surface area (Å²) in [5, 5.41) is 3.03. The van der Waals surface area contributed by atoms with Crippen molar-refractivity contribution >= 4 is 26.0 Å². The van der Waals surface area contributed by atoms with Crippen molar-refractivity contribution in [2.75, 3.05) is 14.2 Å². The molecule has 2 N–H and O–H groups in total. The van der Waals surface area contributed by atoms with E-state index in [1.807, 2.05) is 19.2 Å². The Labute approximate surface area is 128 Å². The van der Waals surface area contributed by atoms with Gasteiger partial charge in [0.15, 0.2) is 0 Å². The number of ether oxygens (including phenoxy) is 1. The highest BCUT2D eigenvalue weighted by Gasteiger charge is 2.33. The highest BCUT2D eigenvalue weighted by atomic mass is 79.9. The second-order valence-corrected chi connectivity index (χ2v) is 7.48. The summed E-state index contributed by atoms with van der Waals surface area (Å²) < 4.78 is 33.1. The zero-order valence-corrected chi connectivity index (χ0v) is 13.9. The lowest BCUT2D eigenvalue weighted by Crippen LogP contribution is -2.47. The fraction of sp³-hybridized carbons (Fsp3) is 0.538. The summed E-state index contributed by atoms with van der Waals surface area (Å²) in [5.74, 6) is 0. The molecule has 0 heterocycles. The van der Waals surface area contributed by atoms with Crippen LogP contribution in [0.4, 0.5) is 0 Å². The lowest BCUT2D eigenvalue weighted by atomic mass is 9.90. The van der Waals surface area contributed by atoms with Crippen molar-refractivity contribution in [2.45, 2.75) is 36.4 Å². The Bertz CT molecular complexity index is 571. The van der Waals surface area contributed by atoms with Crippen molar-refractivity contribution in [1.82, 2.24) is 10.0 Å². The van der Waals surface area contributed by atoms with Gasteiger partial charge in [-0.1, -0.05) is 6.07 Å². The van der Waals surface area contributed by atoms with Crippen molar-refractivity contribution in [2.24, 2.45) is 0 Å². The van der Waals surface area contributed by atoms with Crippen LogP contribution in [0.2, 0.25) is 0 Å². The number of benzene rings is 1. The number of rotatable bonds is 6. The zero-order chi connectivity index (χ0) is 14.8. The minimum Gasteiger partial charge on any atom is -0.381 e. The van der Waals surface area contributed by atoms with Crippen molar-refractivity contribution in [3.8, 4) is 0 Å². The second kappa shape index (κ2) is 6.53. The fourth-order valence-corrected chi connectivity index (χ4v) is 4.60. The third kappa shape index (κ3) is 3.59. The smallest absolute Gasteiger partial charge is 0.241 e. The fourth-order valence-electron chi connectivity index (χ4n) is 2.21. The van der Waals surface area contributed by atoms with E-state index in [0.29, 0.717) is 11.0 Å². The van der Waals surface area contributed by atoms with Gasteiger partial charge in [0.1, 0.15) is 0 Å². The molecule has 5 nitrogen and oxygen atoms in total. The molecule has 0 bridgehead atoms. The number of halogens is 1. The summed E-state index contributed by atoms with van der Waals surface area (Å²) in [6.07, 6.45) is 1.63. The van der Waals surface area contributed by atoms with Crippen molar-refractivity contribution in [1.29, 1.82) is 0 Å². The molecule has 1 fully saturated rings. The van der Waals surface area contributed by atoms with Crippen LogP contribution < -0.4 is 10.0 Å². The maximum atomic E-state index is 12.3. The van der Waals surface area contributed by atoms with Gasteiger partial charge in [-0.25, -0.2) is 13.1 Å². The van der Waals surface area contributed by atoms with Gasteiger partial charge in [-0.15, -0.1) is 0 Å². The van der Waals surface area contributed by atoms with Gasteiger partial charge >= 0.3 is 0 Å². The molecule has 0 amide bonds. The van der Waals surface area contributed by atoms with E-state index in [1.165, 1.54) is 0 Å². The standard InChI is InChI=1S/C13H19BrN2O3S/c1-15-8-9-3-4-13(12(14)5-9)20(17,18)16-10-6-11(7-10)19-2/h3-5,10-11,15-16H,6-8H2,1-2H3. The summed E-state index contributed by atoms with van der Waals surface area (Å²) in [6.45, 7) is 0.699. The van der Waals surface area contributed by atoms with Crippen LogP contribution in [0.3, 0.4) is 0 Å². The molecule has 0 saturated heterocycles. The van der Waals surface area contributed by atoms with E-state index in [0.717, 1.165) is 18.4 Å². The third-order valence-electron chi connectivity index (χ3n) is 3.42. The molecule has 1 aliphatic rings. The molecule has 0 radical (unpaired) electrons. The first-order valence-corrected chi connectivity index (χ1v) is 8.72. The molecule has 2 rings (SSSR count). The third-order valence-corrected chi connectivity index (χ3v) is 5.91. The molecular weight excluding hydrogens is 344 g/mol. The lowest BCUT2D eigenvalue weighted by molar-refractivity contribution is 0.0236. The van der Waals surface area contributed by atoms with E-state index >= 15 is 0 Å². The topological polar surface area (TPSA) is 67.4 Å². The maximum absolute atomic E-state index is 12.3. The molecule has 0 atom stereocenters. The molecule has 1 aromatic carbocycles. The van der Waals surface area contributed by atoms with Crippen molar-refractivity contribution < 1.29 is 13.2 Å². The normalized spacial score (nSPS) is 22.6. The minimum atomic E-state index is -3.49. The highest BCUT2D eigenvalue weighted by molar-refractivity contribution is 9.10. The van der Waals surface area contributed by atoms with Gasteiger partial charge < -0.3 is 10.1 Å². The van der Waals surface area contributed by atoms with Crippen LogP contribution in [-0.4, -0.2) is 34.7 Å². The molecule has 1 aliphatic carbocycles. The van der Waals surface area contributed by atoms with Gasteiger partial charge in [0.2, 0.25) is 10.0 Å². The first-order chi connectivity index (χ1) is 9.46. The average Bonchev–Trinajstić information content (AvgIpc) is 2.33. The van der Waals surface area contributed by atoms with Crippen molar-refractivity contribution in [3.63, 3.8) is 0 Å². The lowest BCUT2D eigenvalue weighted by Gasteiger charge is -2.34. The van der Waals surface area contributed by atoms with Gasteiger partial charge in [-0.2, -0.15) is 0 Å². The van der Waals surface area contributed by atoms with E-state index < -0.39 is 10.0 Å². The predicted octanol–water partition coefficient (Wildman–Crippen LogP) is 1.62. The first-order valence-electron chi connectivity index (χ1n) is 6.44. The Morgan fingerprint density at radius 2 is 2.10 bits per heavy atom. The summed E-state index contributed by atoms with van der Waals surface area (Å²) in [5.41, 5.74) is 1.03. The van der Waals surface area contributed by atoms with Crippen molar-refractivity contribution in [3.05, 3.63) is 28.2 Å². The predicted molar refractivity (Wildman–Crippen MR) is 81.0 cm³/mol. The summed E-state index contributed by atoms with van der Waals surface area (Å²) in [6, 6.07) is 5.23. The van der Waals surface area contributed by atoms with E-state index in [4.69, 9.17) is 4.74 Å². The van der Waals surface area contributed by atoms with Gasteiger partial charge in [0, 0.05) is 24.2 Å². The number of hydrogen-bond donors (Lipinski definition) is 2. The molecule has 1 saturated carbocycles. The number of nitrogens with one attached hydrogen (secondary N) is 2. The first kappa shape index (κ1) is 15.9. The summed E-state index contributed by atoms with van der Waals surface area (Å²) >= 11 is 3.34. The molecule has 20 heavy (non-hydrogen) atoms. The van der Waals surface area contributed by atoms with Crippen LogP contribution in [-0.2, 0) is 21.3 Å². The monoisotopic (exact) mass is 362 g/mol. The molecular formula is C13H19BrN2O3S. The Hall–Kier alpha value is -0.470. The largest absolute Gasteiger partial charge is 0.381 e. The van der Waals surface area contributed by atoms with E-state index in [1.54, 1.807) is 13.2 Å². The Kier molecular flexibility index (Phi) is 5.19. The van der Waals surface area contributed by atoms with Crippen LogP contribution >= 0.6 is 15.9 Å². The molecule has 0 aliphatic heterocycles. The Morgan fingerprint density at radius 3 is 2.65 bits per heavy atom. The number of sulfonamides is 1. The Balaban J connectivity index is 2.09. The van der Waals surface area contributed by atoms with Gasteiger partial charge in [-0.05, 0) is 53.5 Å². The molecule has 0 spiro atoms. The van der Waals surface area contributed by atoms with E-state index in [2.05, 4.69) is 26.0 Å². The molecule has 0 unspecified atom stereocenters. The van der Waals surface area contributed by atoms with Crippen LogP contribution in [0.25, 0.3) is 0 Å². The van der Waals surface area contributed by atoms with Gasteiger partial charge in [0.05, 0.1) is 11.0 Å². The van der Waals surface area contributed by atoms with Gasteiger partial charge in [-0.3, -0.25) is 0 Å². The quantitative estimate of drug-likeness (QED) is 0.806.